The van der Waals surface area contributed by atoms with Crippen LogP contribution in [0.15, 0.2) is 48.8 Å². The van der Waals surface area contributed by atoms with Crippen molar-refractivity contribution < 1.29 is 9.59 Å². The Kier molecular flexibility index (Phi) is 5.42. The zero-order valence-electron chi connectivity index (χ0n) is 16.9. The molecule has 2 aromatic carbocycles. The van der Waals surface area contributed by atoms with Crippen LogP contribution >= 0.6 is 0 Å². The van der Waals surface area contributed by atoms with Gasteiger partial charge in [-0.1, -0.05) is 6.07 Å². The van der Waals surface area contributed by atoms with Crippen LogP contribution in [0.4, 0.5) is 16.2 Å². The van der Waals surface area contributed by atoms with Crippen molar-refractivity contribution in [3.8, 4) is 5.69 Å². The summed E-state index contributed by atoms with van der Waals surface area (Å²) in [6.07, 6.45) is 2.92. The lowest BCUT2D eigenvalue weighted by atomic mass is 10.1. The number of aryl methyl sites for hydroxylation is 2. The normalized spacial score (nSPS) is 15.8. The Morgan fingerprint density at radius 2 is 1.73 bits per heavy atom. The number of amides is 3. The first-order valence-corrected chi connectivity index (χ1v) is 9.80. The second-order valence-electron chi connectivity index (χ2n) is 7.45. The second-order valence-corrected chi connectivity index (χ2v) is 7.45. The van der Waals surface area contributed by atoms with E-state index in [1.165, 1.54) is 11.0 Å². The summed E-state index contributed by atoms with van der Waals surface area (Å²) in [5.41, 5.74) is 4.32. The van der Waals surface area contributed by atoms with E-state index in [0.29, 0.717) is 18.7 Å². The largest absolute Gasteiger partial charge is 0.324 e. The van der Waals surface area contributed by atoms with Crippen LogP contribution in [0.2, 0.25) is 0 Å². The molecule has 3 amide bonds. The molecule has 0 bridgehead atoms. The number of nitrogens with one attached hydrogen (secondary N) is 2. The molecule has 1 aliphatic rings. The quantitative estimate of drug-likeness (QED) is 0.694. The Morgan fingerprint density at radius 3 is 2.40 bits per heavy atom. The van der Waals surface area contributed by atoms with Gasteiger partial charge in [0.25, 0.3) is 0 Å². The number of urea groups is 1. The molecule has 154 valence electrons. The molecule has 1 fully saturated rings. The maximum Gasteiger partial charge on any atom is 0.322 e. The van der Waals surface area contributed by atoms with Crippen LogP contribution in [0.5, 0.6) is 0 Å². The lowest BCUT2D eigenvalue weighted by molar-refractivity contribution is -0.119. The van der Waals surface area contributed by atoms with Crippen molar-refractivity contribution in [1.29, 1.82) is 0 Å². The zero-order valence-corrected chi connectivity index (χ0v) is 16.9. The summed E-state index contributed by atoms with van der Waals surface area (Å²) in [4.78, 5) is 27.2. The van der Waals surface area contributed by atoms with Crippen LogP contribution in [0, 0.1) is 13.8 Å². The molecular weight excluding hydrogens is 382 g/mol. The van der Waals surface area contributed by atoms with E-state index in [1.54, 1.807) is 17.0 Å². The van der Waals surface area contributed by atoms with Crippen LogP contribution in [0.25, 0.3) is 5.69 Å². The number of hydrogen-bond acceptors (Lipinski definition) is 5. The van der Waals surface area contributed by atoms with Crippen LogP contribution in [0.1, 0.15) is 24.0 Å². The highest BCUT2D eigenvalue weighted by atomic mass is 16.2. The predicted molar refractivity (Wildman–Crippen MR) is 112 cm³/mol. The van der Waals surface area contributed by atoms with Crippen LogP contribution in [-0.4, -0.2) is 49.6 Å². The third-order valence-corrected chi connectivity index (χ3v) is 5.04. The molecular formula is C21H23N7O2. The van der Waals surface area contributed by atoms with Gasteiger partial charge >= 0.3 is 6.03 Å². The molecule has 2 heterocycles. The Hall–Kier alpha value is -3.75. The Balaban J connectivity index is 1.41. The number of nitrogens with zero attached hydrogens (tertiary/aromatic N) is 5. The van der Waals surface area contributed by atoms with Gasteiger partial charge in [-0.15, -0.1) is 5.10 Å². The van der Waals surface area contributed by atoms with Crippen molar-refractivity contribution in [2.45, 2.75) is 32.7 Å². The number of carbonyl (C=O) groups excluding carboxylic acids is 2. The Labute approximate surface area is 174 Å². The van der Waals surface area contributed by atoms with E-state index in [1.807, 2.05) is 44.2 Å². The SMILES string of the molecule is Cc1cc(C)cc(NC(=O)N2CCC[C@@H]2C(=O)Nc2ccc(-n3cnnn3)cc2)c1. The summed E-state index contributed by atoms with van der Waals surface area (Å²) in [5.74, 6) is -0.196. The molecule has 9 nitrogen and oxygen atoms in total. The van der Waals surface area contributed by atoms with Crippen molar-refractivity contribution in [3.05, 3.63) is 59.9 Å². The van der Waals surface area contributed by atoms with Crippen molar-refractivity contribution >= 4 is 23.3 Å². The average Bonchev–Trinajstić information content (AvgIpc) is 3.40. The minimum Gasteiger partial charge on any atom is -0.324 e. The number of hydrogen-bond donors (Lipinski definition) is 2. The maximum atomic E-state index is 12.8. The molecule has 2 N–H and O–H groups in total. The van der Waals surface area contributed by atoms with Crippen molar-refractivity contribution in [2.75, 3.05) is 17.2 Å². The van der Waals surface area contributed by atoms with Crippen LogP contribution in [0.3, 0.4) is 0 Å². The molecule has 30 heavy (non-hydrogen) atoms. The van der Waals surface area contributed by atoms with E-state index in [9.17, 15) is 9.59 Å². The second kappa shape index (κ2) is 8.32. The minimum absolute atomic E-state index is 0.196. The number of tetrazole rings is 1. The zero-order chi connectivity index (χ0) is 21.1. The number of rotatable bonds is 4. The van der Waals surface area contributed by atoms with E-state index in [2.05, 4.69) is 26.2 Å². The molecule has 0 aliphatic carbocycles. The Bertz CT molecular complexity index is 1030. The predicted octanol–water partition coefficient (Wildman–Crippen LogP) is 2.91. The van der Waals surface area contributed by atoms with E-state index in [0.717, 1.165) is 28.9 Å². The molecule has 1 aliphatic heterocycles. The smallest absolute Gasteiger partial charge is 0.322 e. The number of benzene rings is 2. The van der Waals surface area contributed by atoms with Crippen molar-refractivity contribution in [3.63, 3.8) is 0 Å². The fraction of sp³-hybridized carbons (Fsp3) is 0.286. The van der Waals surface area contributed by atoms with Gasteiger partial charge in [-0.05, 0) is 84.6 Å². The first kappa shape index (κ1) is 19.6. The highest BCUT2D eigenvalue weighted by Gasteiger charge is 2.34. The summed E-state index contributed by atoms with van der Waals surface area (Å²) in [5, 5.41) is 16.9. The monoisotopic (exact) mass is 405 g/mol. The summed E-state index contributed by atoms with van der Waals surface area (Å²) < 4.78 is 1.53. The van der Waals surface area contributed by atoms with Gasteiger partial charge < -0.3 is 15.5 Å². The molecule has 3 aromatic rings. The molecule has 0 radical (unpaired) electrons. The topological polar surface area (TPSA) is 105 Å². The van der Waals surface area contributed by atoms with Crippen molar-refractivity contribution in [2.24, 2.45) is 0 Å². The summed E-state index contributed by atoms with van der Waals surface area (Å²) >= 11 is 0. The van der Waals surface area contributed by atoms with Gasteiger partial charge in [0, 0.05) is 17.9 Å². The van der Waals surface area contributed by atoms with Crippen LogP contribution in [-0.2, 0) is 4.79 Å². The van der Waals surface area contributed by atoms with Gasteiger partial charge in [-0.3, -0.25) is 4.79 Å². The highest BCUT2D eigenvalue weighted by molar-refractivity contribution is 5.99. The average molecular weight is 405 g/mol. The van der Waals surface area contributed by atoms with Gasteiger partial charge in [0.2, 0.25) is 5.91 Å². The number of likely N-dealkylation sites (tertiary alicyclic amines) is 1. The number of anilines is 2. The van der Waals surface area contributed by atoms with Crippen LogP contribution < -0.4 is 10.6 Å². The molecule has 1 aromatic heterocycles. The first-order chi connectivity index (χ1) is 14.5. The summed E-state index contributed by atoms with van der Waals surface area (Å²) in [6, 6.07) is 12.3. The van der Waals surface area contributed by atoms with Gasteiger partial charge in [0.15, 0.2) is 0 Å². The number of carbonyl (C=O) groups is 2. The van der Waals surface area contributed by atoms with Gasteiger partial charge in [-0.25, -0.2) is 9.48 Å². The molecule has 1 saturated heterocycles. The molecule has 0 spiro atoms. The molecule has 1 atom stereocenters. The van der Waals surface area contributed by atoms with Gasteiger partial charge in [-0.2, -0.15) is 0 Å². The minimum atomic E-state index is -0.505. The summed E-state index contributed by atoms with van der Waals surface area (Å²) in [7, 11) is 0. The fourth-order valence-corrected chi connectivity index (χ4v) is 3.73. The first-order valence-electron chi connectivity index (χ1n) is 9.80. The molecule has 4 rings (SSSR count). The third-order valence-electron chi connectivity index (χ3n) is 5.04. The molecule has 0 saturated carbocycles. The summed E-state index contributed by atoms with van der Waals surface area (Å²) in [6.45, 7) is 4.52. The standard InChI is InChI=1S/C21H23N7O2/c1-14-10-15(2)12-17(11-14)24-21(30)27-9-3-4-19(27)20(29)23-16-5-7-18(8-6-16)28-13-22-25-26-28/h5-8,10-13,19H,3-4,9H2,1-2H3,(H,23,29)(H,24,30)/t19-/m1/s1. The van der Waals surface area contributed by atoms with E-state index >= 15 is 0 Å². The van der Waals surface area contributed by atoms with Crippen molar-refractivity contribution in [1.82, 2.24) is 25.1 Å². The van der Waals surface area contributed by atoms with Gasteiger partial charge in [0.05, 0.1) is 5.69 Å². The lowest BCUT2D eigenvalue weighted by Crippen LogP contribution is -2.45. The third kappa shape index (κ3) is 4.29. The molecule has 9 heteroatoms. The fourth-order valence-electron chi connectivity index (χ4n) is 3.73. The Morgan fingerprint density at radius 1 is 1.00 bits per heavy atom. The van der Waals surface area contributed by atoms with Gasteiger partial charge in [0.1, 0.15) is 12.4 Å². The van der Waals surface area contributed by atoms with E-state index in [-0.39, 0.29) is 11.9 Å². The number of aromatic nitrogens is 4. The maximum absolute atomic E-state index is 12.8. The lowest BCUT2D eigenvalue weighted by Gasteiger charge is -2.24. The molecule has 0 unspecified atom stereocenters. The highest BCUT2D eigenvalue weighted by Crippen LogP contribution is 2.22. The van der Waals surface area contributed by atoms with E-state index in [4.69, 9.17) is 0 Å². The van der Waals surface area contributed by atoms with E-state index < -0.39 is 6.04 Å².